The van der Waals surface area contributed by atoms with Gasteiger partial charge in [-0.2, -0.15) is 0 Å². The molecule has 4 nitrogen and oxygen atoms in total. The van der Waals surface area contributed by atoms with Crippen molar-refractivity contribution in [3.63, 3.8) is 0 Å². The lowest BCUT2D eigenvalue weighted by molar-refractivity contribution is 0.242. The van der Waals surface area contributed by atoms with Gasteiger partial charge in [-0.05, 0) is 64.1 Å². The zero-order chi connectivity index (χ0) is 24.7. The maximum Gasteiger partial charge on any atom is 0.132 e. The quantitative estimate of drug-likeness (QED) is 0.203. The summed E-state index contributed by atoms with van der Waals surface area (Å²) in [4.78, 5) is 2.30. The Kier molecular flexibility index (Phi) is 6.66. The summed E-state index contributed by atoms with van der Waals surface area (Å²) in [6.45, 7) is 8.17. The first-order valence-electron chi connectivity index (χ1n) is 11.5. The SMILES string of the molecule is COc1cccc(OC(C)C)c1-c1cc2sc3cc(-c4c(OC)cccc4OC(C)C)sc3c2s1. The number of thiophene rings is 3. The summed E-state index contributed by atoms with van der Waals surface area (Å²) in [5.41, 5.74) is 2.03. The third-order valence-corrected chi connectivity index (χ3v) is 9.27. The number of fused-ring (bicyclic) bond motifs is 3. The number of rotatable bonds is 8. The highest BCUT2D eigenvalue weighted by molar-refractivity contribution is 7.40. The lowest BCUT2D eigenvalue weighted by atomic mass is 10.1. The number of ether oxygens (including phenoxy) is 4. The highest BCUT2D eigenvalue weighted by Gasteiger charge is 2.22. The van der Waals surface area contributed by atoms with Gasteiger partial charge >= 0.3 is 0 Å². The average molecular weight is 525 g/mol. The van der Waals surface area contributed by atoms with E-state index in [1.165, 1.54) is 18.8 Å². The van der Waals surface area contributed by atoms with Gasteiger partial charge in [-0.3, -0.25) is 0 Å². The van der Waals surface area contributed by atoms with E-state index in [-0.39, 0.29) is 12.2 Å². The van der Waals surface area contributed by atoms with Crippen molar-refractivity contribution in [1.29, 1.82) is 0 Å². The van der Waals surface area contributed by atoms with Gasteiger partial charge in [0.05, 0.1) is 47.0 Å². The first-order valence-corrected chi connectivity index (χ1v) is 14.0. The summed E-state index contributed by atoms with van der Waals surface area (Å²) in [6.07, 6.45) is 0.160. The molecule has 0 N–H and O–H groups in total. The molecule has 0 fully saturated rings. The van der Waals surface area contributed by atoms with E-state index >= 15 is 0 Å². The number of methoxy groups -OCH3 is 2. The molecule has 0 spiro atoms. The monoisotopic (exact) mass is 524 g/mol. The van der Waals surface area contributed by atoms with Gasteiger partial charge < -0.3 is 18.9 Å². The largest absolute Gasteiger partial charge is 0.496 e. The molecule has 0 bridgehead atoms. The summed E-state index contributed by atoms with van der Waals surface area (Å²) in [5.74, 6) is 3.34. The van der Waals surface area contributed by atoms with Crippen molar-refractivity contribution in [2.45, 2.75) is 39.9 Å². The topological polar surface area (TPSA) is 36.9 Å². The second kappa shape index (κ2) is 9.72. The van der Waals surface area contributed by atoms with Gasteiger partial charge in [0.2, 0.25) is 0 Å². The standard InChI is InChI=1S/C28H28O4S3/c1-15(2)31-19-11-7-9-17(29-5)25(19)21-13-23-27(34-21)28-24(33-23)14-22(35-28)26-18(30-6)10-8-12-20(26)32-16(3)4/h7-16H,1-6H3. The van der Waals surface area contributed by atoms with E-state index in [4.69, 9.17) is 18.9 Å². The molecule has 3 heterocycles. The fraction of sp³-hybridized carbons (Fsp3) is 0.286. The lowest BCUT2D eigenvalue weighted by Crippen LogP contribution is -2.06. The molecule has 0 aliphatic carbocycles. The zero-order valence-electron chi connectivity index (χ0n) is 20.6. The molecular weight excluding hydrogens is 497 g/mol. The molecule has 2 aromatic carbocycles. The van der Waals surface area contributed by atoms with Crippen LogP contribution in [0.25, 0.3) is 39.7 Å². The Morgan fingerprint density at radius 1 is 0.571 bits per heavy atom. The molecule has 0 saturated carbocycles. The normalized spacial score (nSPS) is 11.7. The van der Waals surface area contributed by atoms with Gasteiger partial charge in [0, 0.05) is 19.2 Å². The fourth-order valence-electron chi connectivity index (χ4n) is 4.13. The average Bonchev–Trinajstić information content (AvgIpc) is 3.48. The maximum atomic E-state index is 6.14. The Hall–Kier alpha value is -2.74. The van der Waals surface area contributed by atoms with Gasteiger partial charge in [0.1, 0.15) is 23.0 Å². The van der Waals surface area contributed by atoms with Crippen molar-refractivity contribution in [3.05, 3.63) is 48.5 Å². The minimum atomic E-state index is 0.0802. The second-order valence-corrected chi connectivity index (χ2v) is 11.9. The first kappa shape index (κ1) is 24.0. The van der Waals surface area contributed by atoms with Crippen LogP contribution < -0.4 is 18.9 Å². The molecule has 0 atom stereocenters. The van der Waals surface area contributed by atoms with Crippen molar-refractivity contribution in [3.8, 4) is 43.9 Å². The molecule has 0 amide bonds. The highest BCUT2D eigenvalue weighted by atomic mass is 32.1. The van der Waals surface area contributed by atoms with Gasteiger partial charge in [0.15, 0.2) is 0 Å². The molecule has 5 rings (SSSR count). The lowest BCUT2D eigenvalue weighted by Gasteiger charge is -2.16. The smallest absolute Gasteiger partial charge is 0.132 e. The number of benzene rings is 2. The Labute approximate surface area is 217 Å². The maximum absolute atomic E-state index is 6.14. The van der Waals surface area contributed by atoms with Crippen molar-refractivity contribution in [2.24, 2.45) is 0 Å². The molecule has 0 radical (unpaired) electrons. The van der Waals surface area contributed by atoms with Gasteiger partial charge in [-0.1, -0.05) is 12.1 Å². The van der Waals surface area contributed by atoms with E-state index in [9.17, 15) is 0 Å². The Bertz CT molecular complexity index is 1380. The van der Waals surface area contributed by atoms with Crippen molar-refractivity contribution in [1.82, 2.24) is 0 Å². The molecule has 0 saturated heterocycles. The molecule has 35 heavy (non-hydrogen) atoms. The first-order chi connectivity index (χ1) is 16.9. The van der Waals surface area contributed by atoms with Crippen LogP contribution in [0.1, 0.15) is 27.7 Å². The van der Waals surface area contributed by atoms with Crippen LogP contribution in [-0.2, 0) is 0 Å². The molecule has 0 aliphatic heterocycles. The van der Waals surface area contributed by atoms with Crippen LogP contribution in [0.15, 0.2) is 48.5 Å². The predicted octanol–water partition coefficient (Wildman–Crippen LogP) is 9.10. The van der Waals surface area contributed by atoms with Crippen LogP contribution >= 0.6 is 34.0 Å². The highest BCUT2D eigenvalue weighted by Crippen LogP contribution is 2.52. The van der Waals surface area contributed by atoms with Gasteiger partial charge in [0.25, 0.3) is 0 Å². The third-order valence-electron chi connectivity index (χ3n) is 5.46. The predicted molar refractivity (Wildman–Crippen MR) is 151 cm³/mol. The third kappa shape index (κ3) is 4.48. The van der Waals surface area contributed by atoms with E-state index < -0.39 is 0 Å². The van der Waals surface area contributed by atoms with Crippen LogP contribution in [0.5, 0.6) is 23.0 Å². The molecule has 182 valence electrons. The molecule has 5 aromatic rings. The van der Waals surface area contributed by atoms with E-state index in [2.05, 4.69) is 12.1 Å². The molecule has 7 heteroatoms. The van der Waals surface area contributed by atoms with Gasteiger partial charge in [-0.15, -0.1) is 34.0 Å². The summed E-state index contributed by atoms with van der Waals surface area (Å²) in [5, 5.41) is 0. The molecule has 0 aliphatic rings. The van der Waals surface area contributed by atoms with Crippen LogP contribution in [0, 0.1) is 0 Å². The van der Waals surface area contributed by atoms with E-state index in [1.807, 2.05) is 75.4 Å². The van der Waals surface area contributed by atoms with Crippen molar-refractivity contribution < 1.29 is 18.9 Å². The van der Waals surface area contributed by atoms with Crippen LogP contribution in [0.2, 0.25) is 0 Å². The summed E-state index contributed by atoms with van der Waals surface area (Å²) < 4.78 is 28.9. The van der Waals surface area contributed by atoms with Crippen LogP contribution in [0.3, 0.4) is 0 Å². The van der Waals surface area contributed by atoms with Crippen molar-refractivity contribution >= 4 is 52.8 Å². The summed E-state index contributed by atoms with van der Waals surface area (Å²) in [6, 6.07) is 16.5. The Balaban J connectivity index is 1.64. The van der Waals surface area contributed by atoms with E-state index in [0.717, 1.165) is 43.9 Å². The number of hydrogen-bond donors (Lipinski definition) is 0. The second-order valence-electron chi connectivity index (χ2n) is 8.71. The minimum Gasteiger partial charge on any atom is -0.496 e. The minimum absolute atomic E-state index is 0.0802. The number of hydrogen-bond acceptors (Lipinski definition) is 7. The fourth-order valence-corrected chi connectivity index (χ4v) is 8.27. The van der Waals surface area contributed by atoms with E-state index in [1.54, 1.807) is 36.9 Å². The van der Waals surface area contributed by atoms with Crippen molar-refractivity contribution in [2.75, 3.05) is 14.2 Å². The molecule has 0 unspecified atom stereocenters. The molecule has 3 aromatic heterocycles. The van der Waals surface area contributed by atoms with E-state index in [0.29, 0.717) is 0 Å². The van der Waals surface area contributed by atoms with Gasteiger partial charge in [-0.25, -0.2) is 0 Å². The molecular formula is C28H28O4S3. The summed E-state index contributed by atoms with van der Waals surface area (Å²) in [7, 11) is 3.42. The summed E-state index contributed by atoms with van der Waals surface area (Å²) >= 11 is 5.39. The zero-order valence-corrected chi connectivity index (χ0v) is 23.1. The van der Waals surface area contributed by atoms with Crippen LogP contribution in [-0.4, -0.2) is 26.4 Å². The van der Waals surface area contributed by atoms with Crippen LogP contribution in [0.4, 0.5) is 0 Å². The Morgan fingerprint density at radius 2 is 0.971 bits per heavy atom. The Morgan fingerprint density at radius 3 is 1.34 bits per heavy atom.